The molecule has 19 heavy (non-hydrogen) atoms. The molecule has 0 amide bonds. The van der Waals surface area contributed by atoms with E-state index >= 15 is 0 Å². The summed E-state index contributed by atoms with van der Waals surface area (Å²) in [7, 11) is 1.71. The van der Waals surface area contributed by atoms with Crippen LogP contribution in [0.15, 0.2) is 43.5 Å². The maximum absolute atomic E-state index is 5.00. The van der Waals surface area contributed by atoms with Gasteiger partial charge in [0.05, 0.1) is 6.61 Å². The standard InChI is InChI=1S/C13H15BrN2OS2/c1-17-6-4-15-9-10-2-3-11(8-12(10)14)19-13-16-5-7-18-13/h2-3,5,7-8,15H,4,6,9H2,1H3. The third-order valence-corrected chi connectivity index (χ3v) is 5.05. The summed E-state index contributed by atoms with van der Waals surface area (Å²) < 4.78 is 7.20. The number of halogens is 1. The summed E-state index contributed by atoms with van der Waals surface area (Å²) in [5, 5.41) is 5.33. The third kappa shape index (κ3) is 4.89. The summed E-state index contributed by atoms with van der Waals surface area (Å²) in [6, 6.07) is 6.41. The molecule has 1 N–H and O–H groups in total. The number of thiazole rings is 1. The Morgan fingerprint density at radius 1 is 1.47 bits per heavy atom. The second kappa shape index (κ2) is 8.01. The van der Waals surface area contributed by atoms with Gasteiger partial charge in [0, 0.05) is 41.1 Å². The van der Waals surface area contributed by atoms with Crippen molar-refractivity contribution in [3.8, 4) is 0 Å². The predicted molar refractivity (Wildman–Crippen MR) is 84.0 cm³/mol. The Balaban J connectivity index is 1.93. The van der Waals surface area contributed by atoms with Crippen LogP contribution in [0.1, 0.15) is 5.56 Å². The summed E-state index contributed by atoms with van der Waals surface area (Å²) in [6.07, 6.45) is 1.83. The van der Waals surface area contributed by atoms with Crippen molar-refractivity contribution < 1.29 is 4.74 Å². The van der Waals surface area contributed by atoms with Crippen molar-refractivity contribution in [3.63, 3.8) is 0 Å². The topological polar surface area (TPSA) is 34.1 Å². The van der Waals surface area contributed by atoms with Gasteiger partial charge in [0.25, 0.3) is 0 Å². The number of aromatic nitrogens is 1. The molecular formula is C13H15BrN2OS2. The van der Waals surface area contributed by atoms with E-state index in [2.05, 4.69) is 44.4 Å². The van der Waals surface area contributed by atoms with E-state index in [0.717, 1.165) is 28.5 Å². The third-order valence-electron chi connectivity index (χ3n) is 2.44. The van der Waals surface area contributed by atoms with E-state index in [9.17, 15) is 0 Å². The van der Waals surface area contributed by atoms with E-state index in [1.54, 1.807) is 30.2 Å². The normalized spacial score (nSPS) is 10.8. The summed E-state index contributed by atoms with van der Waals surface area (Å²) in [5.74, 6) is 0. The number of hydrogen-bond donors (Lipinski definition) is 1. The van der Waals surface area contributed by atoms with Crippen molar-refractivity contribution in [2.75, 3.05) is 20.3 Å². The molecule has 0 aliphatic rings. The van der Waals surface area contributed by atoms with E-state index < -0.39 is 0 Å². The van der Waals surface area contributed by atoms with Crippen LogP contribution >= 0.6 is 39.0 Å². The first-order valence-electron chi connectivity index (χ1n) is 5.85. The quantitative estimate of drug-likeness (QED) is 0.763. The summed E-state index contributed by atoms with van der Waals surface area (Å²) in [4.78, 5) is 5.47. The first-order chi connectivity index (χ1) is 9.29. The molecule has 0 aliphatic carbocycles. The lowest BCUT2D eigenvalue weighted by molar-refractivity contribution is 0.199. The Labute approximate surface area is 129 Å². The van der Waals surface area contributed by atoms with Crippen LogP contribution in [0, 0.1) is 0 Å². The Morgan fingerprint density at radius 3 is 3.05 bits per heavy atom. The Hall–Kier alpha value is -0.400. The molecule has 1 aromatic heterocycles. The zero-order valence-corrected chi connectivity index (χ0v) is 13.8. The van der Waals surface area contributed by atoms with Crippen molar-refractivity contribution in [2.45, 2.75) is 15.8 Å². The maximum atomic E-state index is 5.00. The van der Waals surface area contributed by atoms with Crippen LogP contribution in [-0.4, -0.2) is 25.2 Å². The minimum Gasteiger partial charge on any atom is -0.383 e. The van der Waals surface area contributed by atoms with Crippen molar-refractivity contribution >= 4 is 39.0 Å². The minimum atomic E-state index is 0.732. The number of ether oxygens (including phenoxy) is 1. The molecule has 1 heterocycles. The molecule has 0 atom stereocenters. The second-order valence-corrected chi connectivity index (χ2v) is 6.89. The number of hydrogen-bond acceptors (Lipinski definition) is 5. The minimum absolute atomic E-state index is 0.732. The molecule has 6 heteroatoms. The van der Waals surface area contributed by atoms with E-state index in [4.69, 9.17) is 4.74 Å². The lowest BCUT2D eigenvalue weighted by Crippen LogP contribution is -2.18. The van der Waals surface area contributed by atoms with Crippen LogP contribution in [0.25, 0.3) is 0 Å². The fourth-order valence-electron chi connectivity index (χ4n) is 1.49. The van der Waals surface area contributed by atoms with E-state index in [0.29, 0.717) is 0 Å². The average Bonchev–Trinajstić information content (AvgIpc) is 2.90. The average molecular weight is 359 g/mol. The van der Waals surface area contributed by atoms with Crippen molar-refractivity contribution in [3.05, 3.63) is 39.8 Å². The van der Waals surface area contributed by atoms with Crippen molar-refractivity contribution in [1.29, 1.82) is 0 Å². The molecule has 3 nitrogen and oxygen atoms in total. The predicted octanol–water partition coefficient (Wildman–Crippen LogP) is 3.79. The molecule has 1 aromatic carbocycles. The maximum Gasteiger partial charge on any atom is 0.154 e. The van der Waals surface area contributed by atoms with Gasteiger partial charge in [0.15, 0.2) is 4.34 Å². The summed E-state index contributed by atoms with van der Waals surface area (Å²) in [5.41, 5.74) is 1.25. The number of rotatable bonds is 7. The van der Waals surface area contributed by atoms with Gasteiger partial charge in [-0.1, -0.05) is 33.8 Å². The van der Waals surface area contributed by atoms with Crippen LogP contribution in [0.3, 0.4) is 0 Å². The highest BCUT2D eigenvalue weighted by atomic mass is 79.9. The van der Waals surface area contributed by atoms with E-state index in [1.807, 2.05) is 11.6 Å². The fourth-order valence-corrected chi connectivity index (χ4v) is 3.80. The monoisotopic (exact) mass is 358 g/mol. The highest BCUT2D eigenvalue weighted by Crippen LogP contribution is 2.32. The second-order valence-electron chi connectivity index (χ2n) is 3.82. The molecule has 102 valence electrons. The van der Waals surface area contributed by atoms with Gasteiger partial charge in [0.1, 0.15) is 0 Å². The van der Waals surface area contributed by atoms with Gasteiger partial charge in [0.2, 0.25) is 0 Å². The van der Waals surface area contributed by atoms with Crippen molar-refractivity contribution in [2.24, 2.45) is 0 Å². The number of methoxy groups -OCH3 is 1. The first kappa shape index (κ1) is 15.0. The van der Waals surface area contributed by atoms with Gasteiger partial charge in [-0.3, -0.25) is 0 Å². The number of nitrogens with one attached hydrogen (secondary N) is 1. The molecule has 0 aliphatic heterocycles. The molecule has 0 fully saturated rings. The zero-order valence-electron chi connectivity index (χ0n) is 10.6. The number of nitrogens with zero attached hydrogens (tertiary/aromatic N) is 1. The molecule has 0 unspecified atom stereocenters. The van der Waals surface area contributed by atoms with Crippen LogP contribution in [0.4, 0.5) is 0 Å². The first-order valence-corrected chi connectivity index (χ1v) is 8.34. The highest BCUT2D eigenvalue weighted by molar-refractivity contribution is 9.10. The largest absolute Gasteiger partial charge is 0.383 e. The van der Waals surface area contributed by atoms with Gasteiger partial charge in [-0.2, -0.15) is 0 Å². The van der Waals surface area contributed by atoms with E-state index in [-0.39, 0.29) is 0 Å². The van der Waals surface area contributed by atoms with Crippen LogP contribution < -0.4 is 5.32 Å². The van der Waals surface area contributed by atoms with Gasteiger partial charge in [-0.15, -0.1) is 11.3 Å². The molecular weight excluding hydrogens is 344 g/mol. The zero-order chi connectivity index (χ0) is 13.5. The molecule has 0 radical (unpaired) electrons. The Bertz CT molecular complexity index is 505. The van der Waals surface area contributed by atoms with Gasteiger partial charge < -0.3 is 10.1 Å². The van der Waals surface area contributed by atoms with Crippen LogP contribution in [-0.2, 0) is 11.3 Å². The van der Waals surface area contributed by atoms with Gasteiger partial charge in [-0.05, 0) is 17.7 Å². The summed E-state index contributed by atoms with van der Waals surface area (Å²) >= 11 is 6.96. The smallest absolute Gasteiger partial charge is 0.154 e. The van der Waals surface area contributed by atoms with Crippen molar-refractivity contribution in [1.82, 2.24) is 10.3 Å². The van der Waals surface area contributed by atoms with Crippen LogP contribution in [0.5, 0.6) is 0 Å². The Morgan fingerprint density at radius 2 is 2.37 bits per heavy atom. The molecule has 2 aromatic rings. The fraction of sp³-hybridized carbons (Fsp3) is 0.308. The molecule has 0 saturated heterocycles. The lowest BCUT2D eigenvalue weighted by atomic mass is 10.2. The SMILES string of the molecule is COCCNCc1ccc(Sc2nccs2)cc1Br. The molecule has 0 bridgehead atoms. The van der Waals surface area contributed by atoms with Gasteiger partial charge >= 0.3 is 0 Å². The molecule has 0 saturated carbocycles. The van der Waals surface area contributed by atoms with E-state index in [1.165, 1.54) is 10.5 Å². The van der Waals surface area contributed by atoms with Crippen LogP contribution in [0.2, 0.25) is 0 Å². The Kier molecular flexibility index (Phi) is 6.33. The molecule has 2 rings (SSSR count). The summed E-state index contributed by atoms with van der Waals surface area (Å²) in [6.45, 7) is 2.43. The number of benzene rings is 1. The lowest BCUT2D eigenvalue weighted by Gasteiger charge is -2.08. The molecule has 0 spiro atoms. The van der Waals surface area contributed by atoms with Gasteiger partial charge in [-0.25, -0.2) is 4.98 Å². The highest BCUT2D eigenvalue weighted by Gasteiger charge is 2.04.